The minimum absolute atomic E-state index is 0.111. The zero-order valence-electron chi connectivity index (χ0n) is 48.8. The zero-order valence-corrected chi connectivity index (χ0v) is 50.5. The van der Waals surface area contributed by atoms with E-state index in [9.17, 15) is 21.6 Å². The van der Waals surface area contributed by atoms with E-state index in [1.807, 2.05) is 72.8 Å². The Kier molecular flexibility index (Phi) is 24.3. The summed E-state index contributed by atoms with van der Waals surface area (Å²) in [7, 11) is -6.01. The third-order valence-electron chi connectivity index (χ3n) is 15.5. The second kappa shape index (κ2) is 31.2. The van der Waals surface area contributed by atoms with Gasteiger partial charge in [0.25, 0.3) is 5.91 Å². The summed E-state index contributed by atoms with van der Waals surface area (Å²) in [4.78, 5) is 23.7. The highest BCUT2D eigenvalue weighted by Crippen LogP contribution is 2.30. The van der Waals surface area contributed by atoms with Gasteiger partial charge in [0.2, 0.25) is 6.29 Å². The van der Waals surface area contributed by atoms with Gasteiger partial charge in [-0.3, -0.25) is 9.89 Å². The van der Waals surface area contributed by atoms with Crippen LogP contribution in [0.2, 0.25) is 0 Å². The largest absolute Gasteiger partial charge is 0.481 e. The Bertz CT molecular complexity index is 2810. The number of amides is 1. The van der Waals surface area contributed by atoms with Crippen molar-refractivity contribution in [3.05, 3.63) is 78.5 Å². The van der Waals surface area contributed by atoms with Gasteiger partial charge in [-0.1, -0.05) is 150 Å². The fourth-order valence-electron chi connectivity index (χ4n) is 10.4. The summed E-state index contributed by atoms with van der Waals surface area (Å²) in [6.45, 7) is 12.8. The number of anilines is 4. The van der Waals surface area contributed by atoms with Crippen LogP contribution in [0.5, 0.6) is 11.5 Å². The number of sulfone groups is 2. The number of rotatable bonds is 35. The standard InChI is InChI=1S/C62H94N8O8S2/c1-6-8-10-12-14-16-18-20-22-24-26-56(77-54-32-28-52(29-33-54)68-36-40-79(72,73)41-37-68)61(71)64-51-45-49(60-65-58-47-57(62(3,4)5)66-70(58)67-60)44-50(46-51)63-48-76-59(27-25-23-21-19-17-15-13-11-9-7-2)78-55-34-30-53(31-35-55)69-38-42-80(74,75)43-39-69/h28-35,44-47,56,59,63,66H,6-27,36-43,48H2,1-5H3,(H,64,71). The van der Waals surface area contributed by atoms with Gasteiger partial charge < -0.3 is 34.6 Å². The van der Waals surface area contributed by atoms with E-state index < -0.39 is 32.1 Å². The topological polar surface area (TPSA) is 190 Å². The molecule has 18 heteroatoms. The molecular weight excluding hydrogens is 1050 g/mol. The molecular formula is C62H94N8O8S2. The third-order valence-corrected chi connectivity index (χ3v) is 18.7. The average Bonchev–Trinajstić information content (AvgIpc) is 4.11. The molecule has 0 bridgehead atoms. The highest BCUT2D eigenvalue weighted by Gasteiger charge is 2.26. The molecule has 2 aliphatic rings. The van der Waals surface area contributed by atoms with Gasteiger partial charge in [-0.25, -0.2) is 21.8 Å². The van der Waals surface area contributed by atoms with Crippen molar-refractivity contribution in [2.45, 2.75) is 194 Å². The van der Waals surface area contributed by atoms with Gasteiger partial charge in [-0.05, 0) is 86.0 Å². The molecule has 0 radical (unpaired) electrons. The monoisotopic (exact) mass is 1140 g/mol. The highest BCUT2D eigenvalue weighted by atomic mass is 32.2. The van der Waals surface area contributed by atoms with Crippen molar-refractivity contribution in [1.82, 2.24) is 19.8 Å². The van der Waals surface area contributed by atoms with Crippen LogP contribution in [-0.4, -0.2) is 111 Å². The maximum Gasteiger partial charge on any atom is 0.265 e. The first kappa shape index (κ1) is 62.3. The van der Waals surface area contributed by atoms with Gasteiger partial charge in [-0.2, -0.15) is 4.63 Å². The van der Waals surface area contributed by atoms with Crippen LogP contribution in [0.3, 0.4) is 0 Å². The molecule has 2 atom stereocenters. The fraction of sp³-hybridized carbons (Fsp3) is 0.629. The first-order valence-corrected chi connectivity index (χ1v) is 33.9. The molecule has 16 nitrogen and oxygen atoms in total. The Labute approximate surface area is 478 Å². The van der Waals surface area contributed by atoms with Crippen molar-refractivity contribution in [3.8, 4) is 22.9 Å². The Hall–Kier alpha value is -5.33. The molecule has 0 spiro atoms. The quantitative estimate of drug-likeness (QED) is 0.0257. The molecule has 3 aromatic carbocycles. The smallest absolute Gasteiger partial charge is 0.265 e. The second-order valence-corrected chi connectivity index (χ2v) is 27.9. The number of nitrogens with one attached hydrogen (secondary N) is 3. The summed E-state index contributed by atoms with van der Waals surface area (Å²) in [6.07, 6.45) is 23.8. The van der Waals surface area contributed by atoms with Crippen LogP contribution in [0.25, 0.3) is 17.0 Å². The minimum atomic E-state index is -3.02. The maximum atomic E-state index is 14.6. The normalized spacial score (nSPS) is 16.2. The lowest BCUT2D eigenvalue weighted by atomic mass is 9.93. The Morgan fingerprint density at radius 1 is 0.600 bits per heavy atom. The number of H-pyrrole nitrogens is 1. The summed E-state index contributed by atoms with van der Waals surface area (Å²) in [5.41, 5.74) is 5.37. The first-order chi connectivity index (χ1) is 38.6. The van der Waals surface area contributed by atoms with Crippen LogP contribution in [0.4, 0.5) is 22.7 Å². The Morgan fingerprint density at radius 3 is 1.55 bits per heavy atom. The van der Waals surface area contributed by atoms with Gasteiger partial charge in [0.05, 0.1) is 23.0 Å². The van der Waals surface area contributed by atoms with Gasteiger partial charge in [0.15, 0.2) is 37.3 Å². The predicted octanol–water partition coefficient (Wildman–Crippen LogP) is 13.3. The van der Waals surface area contributed by atoms with Gasteiger partial charge in [0.1, 0.15) is 18.2 Å². The Balaban J connectivity index is 1.06. The van der Waals surface area contributed by atoms with Crippen LogP contribution < -0.4 is 29.9 Å². The number of aromatic amines is 1. The van der Waals surface area contributed by atoms with Gasteiger partial charge >= 0.3 is 0 Å². The van der Waals surface area contributed by atoms with E-state index in [1.54, 1.807) is 4.63 Å². The number of carbonyl (C=O) groups is 1. The lowest BCUT2D eigenvalue weighted by Crippen LogP contribution is -2.40. The molecule has 0 saturated carbocycles. The number of aromatic nitrogens is 4. The van der Waals surface area contributed by atoms with Crippen molar-refractivity contribution in [2.24, 2.45) is 0 Å². The Morgan fingerprint density at radius 2 is 1.06 bits per heavy atom. The van der Waals surface area contributed by atoms with E-state index in [4.69, 9.17) is 24.3 Å². The third kappa shape index (κ3) is 20.6. The molecule has 0 aliphatic carbocycles. The molecule has 2 unspecified atom stereocenters. The molecule has 80 heavy (non-hydrogen) atoms. The van der Waals surface area contributed by atoms with E-state index >= 15 is 0 Å². The molecule has 1 amide bonds. The average molecular weight is 1140 g/mol. The van der Waals surface area contributed by atoms with E-state index in [0.29, 0.717) is 78.9 Å². The molecule has 3 N–H and O–H groups in total. The molecule has 442 valence electrons. The van der Waals surface area contributed by atoms with Gasteiger partial charge in [0, 0.05) is 78.1 Å². The lowest BCUT2D eigenvalue weighted by Gasteiger charge is -2.29. The van der Waals surface area contributed by atoms with Crippen molar-refractivity contribution in [1.29, 1.82) is 0 Å². The number of carbonyl (C=O) groups excluding carboxylic acids is 1. The molecule has 5 aromatic rings. The number of hydrogen-bond acceptors (Lipinski definition) is 13. The second-order valence-electron chi connectivity index (χ2n) is 23.3. The maximum absolute atomic E-state index is 14.6. The number of benzene rings is 3. The molecule has 2 aliphatic heterocycles. The molecule has 2 saturated heterocycles. The molecule has 7 rings (SSSR count). The van der Waals surface area contributed by atoms with Crippen molar-refractivity contribution >= 4 is 54.0 Å². The predicted molar refractivity (Wildman–Crippen MR) is 326 cm³/mol. The van der Waals surface area contributed by atoms with E-state index in [1.165, 1.54) is 96.3 Å². The van der Waals surface area contributed by atoms with Crippen molar-refractivity contribution < 1.29 is 35.8 Å². The minimum Gasteiger partial charge on any atom is -0.481 e. The van der Waals surface area contributed by atoms with Crippen LogP contribution in [0.15, 0.2) is 72.8 Å². The summed E-state index contributed by atoms with van der Waals surface area (Å²) >= 11 is 0. The number of hydrogen-bond donors (Lipinski definition) is 3. The van der Waals surface area contributed by atoms with Crippen LogP contribution in [-0.2, 0) is 34.6 Å². The van der Waals surface area contributed by atoms with Crippen LogP contribution in [0.1, 0.15) is 182 Å². The highest BCUT2D eigenvalue weighted by molar-refractivity contribution is 7.91. The van der Waals surface area contributed by atoms with E-state index in [-0.39, 0.29) is 41.1 Å². The number of fused-ring (bicyclic) bond motifs is 1. The van der Waals surface area contributed by atoms with Crippen LogP contribution >= 0.6 is 0 Å². The molecule has 2 aromatic heterocycles. The number of unbranched alkanes of at least 4 members (excludes halogenated alkanes) is 18. The van der Waals surface area contributed by atoms with Crippen LogP contribution in [0, 0.1) is 0 Å². The summed E-state index contributed by atoms with van der Waals surface area (Å²) in [6, 6.07) is 23.2. The number of nitrogens with zero attached hydrogens (tertiary/aromatic N) is 5. The van der Waals surface area contributed by atoms with E-state index in [0.717, 1.165) is 49.2 Å². The first-order valence-electron chi connectivity index (χ1n) is 30.3. The number of ether oxygens (including phenoxy) is 3. The van der Waals surface area contributed by atoms with Crippen molar-refractivity contribution in [2.75, 3.05) is 76.4 Å². The molecule has 4 heterocycles. The zero-order chi connectivity index (χ0) is 56.8. The summed E-state index contributed by atoms with van der Waals surface area (Å²) in [5, 5.41) is 14.9. The summed E-state index contributed by atoms with van der Waals surface area (Å²) in [5.74, 6) is 2.02. The summed E-state index contributed by atoms with van der Waals surface area (Å²) < 4.78 is 69.8. The lowest BCUT2D eigenvalue weighted by molar-refractivity contribution is -0.123. The van der Waals surface area contributed by atoms with Gasteiger partial charge in [-0.15, -0.1) is 5.10 Å². The van der Waals surface area contributed by atoms with E-state index in [2.05, 4.69) is 60.2 Å². The SMILES string of the molecule is CCCCCCCCCCCCC(OCNc1cc(NC(=O)C(CCCCCCCCCCCC)Oc2ccc(N3CCS(=O)(=O)CC3)cc2)cc(-c2nc3cc(C(C)(C)C)[nH]n3n2)c1)Oc1ccc(N2CCS(=O)(=O)CC2)cc1. The van der Waals surface area contributed by atoms with Crippen molar-refractivity contribution in [3.63, 3.8) is 0 Å². The molecule has 2 fully saturated rings. The fourth-order valence-corrected chi connectivity index (χ4v) is 12.8.